The van der Waals surface area contributed by atoms with Crippen LogP contribution in [0.15, 0.2) is 54.4 Å². The number of hydrogen-bond acceptors (Lipinski definition) is 8. The van der Waals surface area contributed by atoms with E-state index in [1.165, 1.54) is 18.9 Å². The fraction of sp³-hybridized carbons (Fsp3) is 0.238. The van der Waals surface area contributed by atoms with Gasteiger partial charge in [-0.1, -0.05) is 0 Å². The molecule has 3 aromatic rings. The van der Waals surface area contributed by atoms with Gasteiger partial charge < -0.3 is 25.9 Å². The number of aliphatic hydroxyl groups excluding tert-OH is 1. The molecule has 0 atom stereocenters. The van der Waals surface area contributed by atoms with Crippen molar-refractivity contribution in [2.75, 3.05) is 24.3 Å². The minimum atomic E-state index is -0.000781. The molecule has 0 spiro atoms. The highest BCUT2D eigenvalue weighted by Gasteiger charge is 2.25. The lowest BCUT2D eigenvalue weighted by molar-refractivity contribution is 0.408. The van der Waals surface area contributed by atoms with Crippen LogP contribution in [0, 0.1) is 5.41 Å². The van der Waals surface area contributed by atoms with Crippen LogP contribution in [-0.4, -0.2) is 44.6 Å². The fourth-order valence-electron chi connectivity index (χ4n) is 2.89. The summed E-state index contributed by atoms with van der Waals surface area (Å²) in [4.78, 5) is 8.53. The van der Waals surface area contributed by atoms with E-state index in [9.17, 15) is 5.11 Å². The highest BCUT2D eigenvalue weighted by molar-refractivity contribution is 6.06. The van der Waals surface area contributed by atoms with Crippen LogP contribution in [0.2, 0.25) is 0 Å². The minimum Gasteiger partial charge on any atom is -0.510 e. The molecule has 2 aromatic heterocycles. The van der Waals surface area contributed by atoms with E-state index >= 15 is 0 Å². The standard InChI is InChI=1S/C21H23N7O2/c1-30-16-6-4-13(5-7-16)17(22)10-15(29)12-24-21-23-9-8-19(26-21)25-20-11-18(27-28-20)14-2-3-14/h4-11,14,22,29H,2-3,12H2,1H3,(H3,23,24,25,26,27,28)/b15-10-,22-17?. The van der Waals surface area contributed by atoms with Gasteiger partial charge in [0.05, 0.1) is 19.4 Å². The van der Waals surface area contributed by atoms with Crippen LogP contribution < -0.4 is 15.4 Å². The number of benzene rings is 1. The average molecular weight is 405 g/mol. The maximum Gasteiger partial charge on any atom is 0.224 e. The maximum atomic E-state index is 10.2. The van der Waals surface area contributed by atoms with Crippen molar-refractivity contribution >= 4 is 23.3 Å². The molecular weight excluding hydrogens is 382 g/mol. The minimum absolute atomic E-state index is 0.000781. The van der Waals surface area contributed by atoms with Crippen molar-refractivity contribution in [3.8, 4) is 5.75 Å². The molecular formula is C21H23N7O2. The molecule has 1 saturated carbocycles. The maximum absolute atomic E-state index is 10.2. The predicted molar refractivity (Wildman–Crippen MR) is 115 cm³/mol. The SMILES string of the molecule is COc1ccc(C(=N)/C=C(\O)CNc2nccc(Nc3cc(C4CC4)[nH]n3)n2)cc1. The number of aromatic amines is 1. The van der Waals surface area contributed by atoms with Gasteiger partial charge in [-0.05, 0) is 48.7 Å². The normalized spacial score (nSPS) is 13.7. The van der Waals surface area contributed by atoms with E-state index < -0.39 is 0 Å². The molecule has 0 saturated heterocycles. The molecule has 0 amide bonds. The summed E-state index contributed by atoms with van der Waals surface area (Å²) in [6.45, 7) is 0.0935. The number of aliphatic hydroxyl groups is 1. The van der Waals surface area contributed by atoms with E-state index in [0.717, 1.165) is 5.69 Å². The number of hydrogen-bond donors (Lipinski definition) is 5. The lowest BCUT2D eigenvalue weighted by atomic mass is 10.1. The Bertz CT molecular complexity index is 1060. The second-order valence-electron chi connectivity index (χ2n) is 7.00. The van der Waals surface area contributed by atoms with Gasteiger partial charge in [0.15, 0.2) is 5.82 Å². The van der Waals surface area contributed by atoms with Gasteiger partial charge in [-0.2, -0.15) is 10.1 Å². The van der Waals surface area contributed by atoms with Gasteiger partial charge in [0.1, 0.15) is 17.3 Å². The van der Waals surface area contributed by atoms with Crippen molar-refractivity contribution in [3.63, 3.8) is 0 Å². The quantitative estimate of drug-likeness (QED) is 0.270. The Kier molecular flexibility index (Phi) is 5.60. The Hall–Kier alpha value is -3.88. The van der Waals surface area contributed by atoms with Crippen LogP contribution in [0.4, 0.5) is 17.6 Å². The van der Waals surface area contributed by atoms with Crippen LogP contribution in [0.3, 0.4) is 0 Å². The summed E-state index contributed by atoms with van der Waals surface area (Å²) in [6.07, 6.45) is 5.42. The molecule has 2 heterocycles. The summed E-state index contributed by atoms with van der Waals surface area (Å²) in [5, 5.41) is 31.7. The van der Waals surface area contributed by atoms with Crippen LogP contribution in [-0.2, 0) is 0 Å². The summed E-state index contributed by atoms with van der Waals surface area (Å²) >= 11 is 0. The highest BCUT2D eigenvalue weighted by Crippen LogP contribution is 2.39. The van der Waals surface area contributed by atoms with Gasteiger partial charge in [0.2, 0.25) is 5.95 Å². The van der Waals surface area contributed by atoms with Gasteiger partial charge >= 0.3 is 0 Å². The van der Waals surface area contributed by atoms with Gasteiger partial charge in [0, 0.05) is 30.0 Å². The average Bonchev–Trinajstić information content (AvgIpc) is 3.52. The largest absolute Gasteiger partial charge is 0.510 e. The van der Waals surface area contributed by atoms with Gasteiger partial charge in [-0.25, -0.2) is 4.98 Å². The molecule has 0 radical (unpaired) electrons. The topological polar surface area (TPSA) is 132 Å². The van der Waals surface area contributed by atoms with E-state index in [2.05, 4.69) is 30.8 Å². The molecule has 5 N–H and O–H groups in total. The molecule has 0 unspecified atom stereocenters. The zero-order chi connectivity index (χ0) is 20.9. The smallest absolute Gasteiger partial charge is 0.224 e. The number of rotatable bonds is 9. The zero-order valence-corrected chi connectivity index (χ0v) is 16.5. The molecule has 1 fully saturated rings. The second kappa shape index (κ2) is 8.64. The lowest BCUT2D eigenvalue weighted by Gasteiger charge is -2.07. The van der Waals surface area contributed by atoms with E-state index in [1.807, 2.05) is 6.07 Å². The number of ether oxygens (including phenoxy) is 1. The van der Waals surface area contributed by atoms with Gasteiger partial charge in [-0.3, -0.25) is 5.10 Å². The van der Waals surface area contributed by atoms with Crippen molar-refractivity contribution in [1.82, 2.24) is 20.2 Å². The number of nitrogens with one attached hydrogen (secondary N) is 4. The number of nitrogens with zero attached hydrogens (tertiary/aromatic N) is 3. The number of anilines is 3. The van der Waals surface area contributed by atoms with Crippen LogP contribution in [0.5, 0.6) is 5.75 Å². The molecule has 1 aromatic carbocycles. The van der Waals surface area contributed by atoms with Crippen molar-refractivity contribution in [2.24, 2.45) is 0 Å². The number of H-pyrrole nitrogens is 1. The van der Waals surface area contributed by atoms with E-state index in [-0.39, 0.29) is 18.0 Å². The van der Waals surface area contributed by atoms with E-state index in [1.54, 1.807) is 43.6 Å². The fourth-order valence-corrected chi connectivity index (χ4v) is 2.89. The Balaban J connectivity index is 1.33. The molecule has 9 heteroatoms. The highest BCUT2D eigenvalue weighted by atomic mass is 16.5. The molecule has 0 bridgehead atoms. The first-order valence-corrected chi connectivity index (χ1v) is 9.62. The summed E-state index contributed by atoms with van der Waals surface area (Å²) < 4.78 is 5.11. The molecule has 0 aliphatic heterocycles. The number of aromatic nitrogens is 4. The molecule has 4 rings (SSSR count). The summed E-state index contributed by atoms with van der Waals surface area (Å²) in [7, 11) is 1.59. The second-order valence-corrected chi connectivity index (χ2v) is 7.00. The molecule has 1 aliphatic carbocycles. The summed E-state index contributed by atoms with van der Waals surface area (Å²) in [5.41, 5.74) is 2.01. The molecule has 154 valence electrons. The molecule has 30 heavy (non-hydrogen) atoms. The van der Waals surface area contributed by atoms with E-state index in [4.69, 9.17) is 10.1 Å². The number of methoxy groups -OCH3 is 1. The first-order valence-electron chi connectivity index (χ1n) is 9.62. The Morgan fingerprint density at radius 1 is 1.27 bits per heavy atom. The van der Waals surface area contributed by atoms with Gasteiger partial charge in [0.25, 0.3) is 0 Å². The van der Waals surface area contributed by atoms with Crippen molar-refractivity contribution in [2.45, 2.75) is 18.8 Å². The third-order valence-corrected chi connectivity index (χ3v) is 4.67. The first-order chi connectivity index (χ1) is 14.6. The van der Waals surface area contributed by atoms with Gasteiger partial charge in [-0.15, -0.1) is 0 Å². The number of allylic oxidation sites excluding steroid dienone is 1. The zero-order valence-electron chi connectivity index (χ0n) is 16.5. The van der Waals surface area contributed by atoms with Crippen molar-refractivity contribution < 1.29 is 9.84 Å². The Labute approximate surface area is 173 Å². The Morgan fingerprint density at radius 3 is 2.80 bits per heavy atom. The third-order valence-electron chi connectivity index (χ3n) is 4.67. The predicted octanol–water partition coefficient (Wildman–Crippen LogP) is 3.75. The van der Waals surface area contributed by atoms with Crippen LogP contribution in [0.1, 0.15) is 30.0 Å². The monoisotopic (exact) mass is 405 g/mol. The van der Waals surface area contributed by atoms with E-state index in [0.29, 0.717) is 34.8 Å². The Morgan fingerprint density at radius 2 is 2.07 bits per heavy atom. The van der Waals surface area contributed by atoms with Crippen molar-refractivity contribution in [3.05, 3.63) is 65.7 Å². The molecule has 9 nitrogen and oxygen atoms in total. The van der Waals surface area contributed by atoms with Crippen molar-refractivity contribution in [1.29, 1.82) is 5.41 Å². The summed E-state index contributed by atoms with van der Waals surface area (Å²) in [6, 6.07) is 10.8. The third kappa shape index (κ3) is 4.93. The first kappa shape index (κ1) is 19.4. The van der Waals surface area contributed by atoms with Crippen LogP contribution in [0.25, 0.3) is 0 Å². The van der Waals surface area contributed by atoms with Crippen LogP contribution >= 0.6 is 0 Å². The summed E-state index contributed by atoms with van der Waals surface area (Å²) in [5.74, 6) is 2.97. The molecule has 1 aliphatic rings. The lowest BCUT2D eigenvalue weighted by Crippen LogP contribution is -2.10.